The van der Waals surface area contributed by atoms with Gasteiger partial charge in [-0.05, 0) is 26.0 Å². The molecule has 0 radical (unpaired) electrons. The molecular formula is C15H12N4O2. The topological polar surface area (TPSA) is 110 Å². The second kappa shape index (κ2) is 7.33. The van der Waals surface area contributed by atoms with Crippen LogP contribution in [-0.4, -0.2) is 12.6 Å². The molecule has 0 atom stereocenters. The van der Waals surface area contributed by atoms with Crippen molar-refractivity contribution < 1.29 is 9.53 Å². The fourth-order valence-electron chi connectivity index (χ4n) is 1.56. The van der Waals surface area contributed by atoms with E-state index in [1.807, 2.05) is 6.92 Å². The summed E-state index contributed by atoms with van der Waals surface area (Å²) in [4.78, 5) is 11.9. The van der Waals surface area contributed by atoms with Gasteiger partial charge in [-0.3, -0.25) is 0 Å². The molecule has 0 bridgehead atoms. The van der Waals surface area contributed by atoms with Crippen molar-refractivity contribution in [2.45, 2.75) is 13.8 Å². The molecule has 0 fully saturated rings. The molecule has 0 aromatic heterocycles. The second-order valence-electron chi connectivity index (χ2n) is 3.98. The molecule has 21 heavy (non-hydrogen) atoms. The SMILES string of the molecule is CCOC(=O)c1cc(C)ccc1NC(C#N)=C(C#N)C#N. The summed E-state index contributed by atoms with van der Waals surface area (Å²) in [6.07, 6.45) is 0. The lowest BCUT2D eigenvalue weighted by Gasteiger charge is -2.11. The summed E-state index contributed by atoms with van der Waals surface area (Å²) in [5.41, 5.74) is 0.813. The van der Waals surface area contributed by atoms with Gasteiger partial charge in [0.15, 0.2) is 5.57 Å². The van der Waals surface area contributed by atoms with Gasteiger partial charge in [-0.1, -0.05) is 11.6 Å². The van der Waals surface area contributed by atoms with Gasteiger partial charge in [-0.25, -0.2) is 4.79 Å². The van der Waals surface area contributed by atoms with Crippen molar-refractivity contribution in [3.05, 3.63) is 40.6 Å². The minimum absolute atomic E-state index is 0.214. The van der Waals surface area contributed by atoms with Crippen LogP contribution in [0.3, 0.4) is 0 Å². The number of anilines is 1. The third-order valence-corrected chi connectivity index (χ3v) is 2.52. The van der Waals surface area contributed by atoms with Gasteiger partial charge in [-0.2, -0.15) is 15.8 Å². The number of nitriles is 3. The Morgan fingerprint density at radius 2 is 1.90 bits per heavy atom. The molecule has 0 saturated heterocycles. The molecule has 6 nitrogen and oxygen atoms in total. The van der Waals surface area contributed by atoms with Crippen LogP contribution < -0.4 is 5.32 Å². The molecule has 104 valence electrons. The maximum Gasteiger partial charge on any atom is 0.340 e. The third-order valence-electron chi connectivity index (χ3n) is 2.52. The fourth-order valence-corrected chi connectivity index (χ4v) is 1.56. The van der Waals surface area contributed by atoms with E-state index >= 15 is 0 Å². The van der Waals surface area contributed by atoms with Gasteiger partial charge in [0.25, 0.3) is 0 Å². The number of carbonyl (C=O) groups excluding carboxylic acids is 1. The Labute approximate surface area is 122 Å². The number of hydrogen-bond acceptors (Lipinski definition) is 6. The van der Waals surface area contributed by atoms with Gasteiger partial charge in [0.2, 0.25) is 0 Å². The second-order valence-corrected chi connectivity index (χ2v) is 3.98. The Morgan fingerprint density at radius 3 is 2.43 bits per heavy atom. The minimum atomic E-state index is -0.545. The first-order chi connectivity index (χ1) is 10.1. The van der Waals surface area contributed by atoms with E-state index in [0.29, 0.717) is 5.69 Å². The Morgan fingerprint density at radius 1 is 1.24 bits per heavy atom. The van der Waals surface area contributed by atoms with Crippen LogP contribution in [-0.2, 0) is 4.74 Å². The summed E-state index contributed by atoms with van der Waals surface area (Å²) in [6, 6.07) is 9.92. The Balaban J connectivity index is 3.30. The lowest BCUT2D eigenvalue weighted by atomic mass is 10.1. The van der Waals surface area contributed by atoms with Crippen molar-refractivity contribution in [2.75, 3.05) is 11.9 Å². The molecule has 0 unspecified atom stereocenters. The van der Waals surface area contributed by atoms with Gasteiger partial charge < -0.3 is 10.1 Å². The van der Waals surface area contributed by atoms with Gasteiger partial charge in [0, 0.05) is 0 Å². The molecule has 0 spiro atoms. The monoisotopic (exact) mass is 280 g/mol. The molecule has 0 amide bonds. The number of nitrogens with zero attached hydrogens (tertiary/aromatic N) is 3. The van der Waals surface area contributed by atoms with Crippen molar-refractivity contribution in [1.29, 1.82) is 15.8 Å². The number of carbonyl (C=O) groups is 1. The number of esters is 1. The highest BCUT2D eigenvalue weighted by Gasteiger charge is 2.15. The molecule has 1 rings (SSSR count). The van der Waals surface area contributed by atoms with E-state index in [0.717, 1.165) is 5.56 Å². The maximum atomic E-state index is 11.9. The van der Waals surface area contributed by atoms with Crippen molar-refractivity contribution in [1.82, 2.24) is 0 Å². The van der Waals surface area contributed by atoms with Crippen LogP contribution in [0, 0.1) is 40.9 Å². The van der Waals surface area contributed by atoms with Crippen LogP contribution in [0.2, 0.25) is 0 Å². The van der Waals surface area contributed by atoms with Crippen LogP contribution in [0.1, 0.15) is 22.8 Å². The summed E-state index contributed by atoms with van der Waals surface area (Å²) < 4.78 is 4.94. The lowest BCUT2D eigenvalue weighted by molar-refractivity contribution is 0.0527. The first kappa shape index (κ1) is 15.8. The highest BCUT2D eigenvalue weighted by atomic mass is 16.5. The van der Waals surface area contributed by atoms with E-state index in [-0.39, 0.29) is 23.4 Å². The molecule has 0 saturated carbocycles. The van der Waals surface area contributed by atoms with E-state index in [2.05, 4.69) is 5.32 Å². The molecule has 6 heteroatoms. The predicted octanol–water partition coefficient (Wildman–Crippen LogP) is 2.41. The summed E-state index contributed by atoms with van der Waals surface area (Å²) in [7, 11) is 0. The average molecular weight is 280 g/mol. The van der Waals surface area contributed by atoms with Gasteiger partial charge in [-0.15, -0.1) is 0 Å². The summed E-state index contributed by atoms with van der Waals surface area (Å²) in [6.45, 7) is 3.71. The molecule has 1 N–H and O–H groups in total. The average Bonchev–Trinajstić information content (AvgIpc) is 2.48. The molecule has 0 aliphatic carbocycles. The Kier molecular flexibility index (Phi) is 5.50. The zero-order chi connectivity index (χ0) is 15.8. The van der Waals surface area contributed by atoms with Crippen molar-refractivity contribution in [2.24, 2.45) is 0 Å². The largest absolute Gasteiger partial charge is 0.462 e. The third kappa shape index (κ3) is 3.83. The first-order valence-corrected chi connectivity index (χ1v) is 6.06. The number of allylic oxidation sites excluding steroid dienone is 2. The van der Waals surface area contributed by atoms with E-state index in [9.17, 15) is 4.79 Å². The summed E-state index contributed by atoms with van der Waals surface area (Å²) in [5, 5.41) is 29.3. The number of nitrogens with one attached hydrogen (secondary N) is 1. The molecule has 0 heterocycles. The Hall–Kier alpha value is -3.30. The van der Waals surface area contributed by atoms with Crippen LogP contribution in [0.15, 0.2) is 29.5 Å². The summed E-state index contributed by atoms with van der Waals surface area (Å²) >= 11 is 0. The van der Waals surface area contributed by atoms with Crippen molar-refractivity contribution in [3.63, 3.8) is 0 Å². The normalized spacial score (nSPS) is 8.71. The highest BCUT2D eigenvalue weighted by Crippen LogP contribution is 2.21. The molecule has 0 aliphatic heterocycles. The quantitative estimate of drug-likeness (QED) is 0.669. The van der Waals surface area contributed by atoms with Crippen molar-refractivity contribution >= 4 is 11.7 Å². The van der Waals surface area contributed by atoms with Gasteiger partial charge in [0.1, 0.15) is 23.9 Å². The predicted molar refractivity (Wildman–Crippen MR) is 74.6 cm³/mol. The Bertz CT molecular complexity index is 699. The van der Waals surface area contributed by atoms with E-state index in [4.69, 9.17) is 20.5 Å². The van der Waals surface area contributed by atoms with Crippen LogP contribution in [0.25, 0.3) is 0 Å². The zero-order valence-corrected chi connectivity index (χ0v) is 11.6. The molecular weight excluding hydrogens is 268 g/mol. The fraction of sp³-hybridized carbons (Fsp3) is 0.200. The number of ether oxygens (including phenoxy) is 1. The zero-order valence-electron chi connectivity index (χ0n) is 11.6. The molecule has 0 aliphatic rings. The first-order valence-electron chi connectivity index (χ1n) is 6.06. The molecule has 1 aromatic carbocycles. The standard InChI is InChI=1S/C15H12N4O2/c1-3-21-15(20)12-6-10(2)4-5-13(12)19-14(9-18)11(7-16)8-17/h4-6,19H,3H2,1-2H3. The van der Waals surface area contributed by atoms with E-state index < -0.39 is 5.97 Å². The number of hydrogen-bond donors (Lipinski definition) is 1. The van der Waals surface area contributed by atoms with Crippen LogP contribution >= 0.6 is 0 Å². The van der Waals surface area contributed by atoms with E-state index in [1.165, 1.54) is 0 Å². The molecule has 1 aromatic rings. The number of rotatable bonds is 4. The van der Waals surface area contributed by atoms with Gasteiger partial charge in [0.05, 0.1) is 17.9 Å². The number of aryl methyl sites for hydroxylation is 1. The maximum absolute atomic E-state index is 11.9. The van der Waals surface area contributed by atoms with Crippen LogP contribution in [0.5, 0.6) is 0 Å². The highest BCUT2D eigenvalue weighted by molar-refractivity contribution is 5.96. The minimum Gasteiger partial charge on any atom is -0.462 e. The van der Waals surface area contributed by atoms with Crippen LogP contribution in [0.4, 0.5) is 5.69 Å². The number of benzene rings is 1. The lowest BCUT2D eigenvalue weighted by Crippen LogP contribution is -2.10. The van der Waals surface area contributed by atoms with E-state index in [1.54, 1.807) is 43.3 Å². The van der Waals surface area contributed by atoms with Crippen molar-refractivity contribution in [3.8, 4) is 18.2 Å². The summed E-state index contributed by atoms with van der Waals surface area (Å²) in [5.74, 6) is -0.545. The van der Waals surface area contributed by atoms with Gasteiger partial charge >= 0.3 is 5.97 Å². The smallest absolute Gasteiger partial charge is 0.340 e.